The quantitative estimate of drug-likeness (QED) is 0.458. The average Bonchev–Trinajstić information content (AvgIpc) is 2.34. The van der Waals surface area contributed by atoms with E-state index in [1.54, 1.807) is 12.1 Å². The highest BCUT2D eigenvalue weighted by atomic mass is 16.7. The number of nitrogens with zero attached hydrogens (tertiary/aromatic N) is 1. The van der Waals surface area contributed by atoms with Gasteiger partial charge in [0.05, 0.1) is 11.2 Å². The van der Waals surface area contributed by atoms with E-state index in [2.05, 4.69) is 10.5 Å². The Kier molecular flexibility index (Phi) is 4.11. The molecule has 0 radical (unpaired) electrons. The molecule has 6 heteroatoms. The van der Waals surface area contributed by atoms with Crippen LogP contribution >= 0.6 is 0 Å². The van der Waals surface area contributed by atoms with E-state index in [9.17, 15) is 4.79 Å². The molecule has 0 spiro atoms. The van der Waals surface area contributed by atoms with Crippen molar-refractivity contribution in [3.05, 3.63) is 12.1 Å². The van der Waals surface area contributed by atoms with E-state index < -0.39 is 0 Å². The van der Waals surface area contributed by atoms with E-state index >= 15 is 0 Å². The second-order valence-corrected chi connectivity index (χ2v) is 4.96. The largest absolute Gasteiger partial charge is 0.487 e. The number of hydrazone groups is 1. The summed E-state index contributed by atoms with van der Waals surface area (Å²) in [6.07, 6.45) is 3.16. The maximum Gasteiger partial charge on any atom is 0.487 e. The average molecular weight is 238 g/mol. The van der Waals surface area contributed by atoms with Crippen molar-refractivity contribution in [1.29, 1.82) is 0 Å². The topological polar surface area (TPSA) is 59.9 Å². The zero-order valence-corrected chi connectivity index (χ0v) is 11.0. The summed E-state index contributed by atoms with van der Waals surface area (Å²) in [5.74, 6) is 1.55. The van der Waals surface area contributed by atoms with Gasteiger partial charge in [-0.2, -0.15) is 5.10 Å². The van der Waals surface area contributed by atoms with Crippen molar-refractivity contribution in [3.8, 4) is 0 Å². The molecule has 1 aliphatic heterocycles. The first-order valence-corrected chi connectivity index (χ1v) is 5.57. The maximum absolute atomic E-state index is 10.5. The van der Waals surface area contributed by atoms with Crippen molar-refractivity contribution in [2.45, 2.75) is 45.8 Å². The summed E-state index contributed by atoms with van der Waals surface area (Å²) in [5, 5.41) is 3.68. The summed E-state index contributed by atoms with van der Waals surface area (Å²) >= 11 is 0. The van der Waals surface area contributed by atoms with E-state index in [0.717, 1.165) is 0 Å². The Bertz CT molecular complexity index is 335. The molecule has 17 heavy (non-hydrogen) atoms. The molecule has 94 valence electrons. The highest BCUT2D eigenvalue weighted by Gasteiger charge is 2.49. The summed E-state index contributed by atoms with van der Waals surface area (Å²) in [4.78, 5) is 10.5. The number of amides is 1. The second kappa shape index (κ2) is 5.02. The van der Waals surface area contributed by atoms with Crippen molar-refractivity contribution < 1.29 is 14.1 Å². The number of hydrogen-bond donors (Lipinski definition) is 1. The summed E-state index contributed by atoms with van der Waals surface area (Å²) in [6.45, 7) is 9.37. The number of carbonyl (C=O) groups excluding carboxylic acids is 1. The van der Waals surface area contributed by atoms with Gasteiger partial charge in [-0.3, -0.25) is 4.79 Å². The number of rotatable bonds is 3. The van der Waals surface area contributed by atoms with Crippen LogP contribution in [0, 0.1) is 0 Å². The van der Waals surface area contributed by atoms with Gasteiger partial charge in [0, 0.05) is 13.1 Å². The molecule has 0 aromatic rings. The molecule has 1 rings (SSSR count). The number of hydrogen-bond acceptors (Lipinski definition) is 4. The van der Waals surface area contributed by atoms with Crippen molar-refractivity contribution >= 4 is 19.2 Å². The third-order valence-corrected chi connectivity index (χ3v) is 2.92. The summed E-state index contributed by atoms with van der Waals surface area (Å²) in [6, 6.07) is 0. The van der Waals surface area contributed by atoms with Gasteiger partial charge in [0.25, 0.3) is 0 Å². The molecule has 0 aliphatic carbocycles. The Morgan fingerprint density at radius 3 is 2.24 bits per heavy atom. The van der Waals surface area contributed by atoms with Gasteiger partial charge in [-0.05, 0) is 33.8 Å². The predicted octanol–water partition coefficient (Wildman–Crippen LogP) is 1.30. The van der Waals surface area contributed by atoms with Gasteiger partial charge in [-0.25, -0.2) is 5.43 Å². The molecule has 0 aromatic carbocycles. The van der Waals surface area contributed by atoms with Crippen LogP contribution in [0.1, 0.15) is 34.6 Å². The highest BCUT2D eigenvalue weighted by molar-refractivity contribution is 6.52. The van der Waals surface area contributed by atoms with E-state index in [1.807, 2.05) is 27.7 Å². The molecule has 0 unspecified atom stereocenters. The van der Waals surface area contributed by atoms with Crippen molar-refractivity contribution in [3.63, 3.8) is 0 Å². The van der Waals surface area contributed by atoms with Crippen LogP contribution in [-0.2, 0) is 14.1 Å². The molecule has 1 aliphatic rings. The lowest BCUT2D eigenvalue weighted by molar-refractivity contribution is -0.118. The van der Waals surface area contributed by atoms with Gasteiger partial charge in [0.15, 0.2) is 0 Å². The fourth-order valence-electron chi connectivity index (χ4n) is 1.28. The van der Waals surface area contributed by atoms with Gasteiger partial charge in [0.1, 0.15) is 0 Å². The van der Waals surface area contributed by atoms with Crippen LogP contribution in [0.5, 0.6) is 0 Å². The molecule has 1 saturated heterocycles. The van der Waals surface area contributed by atoms with Crippen LogP contribution in [0.25, 0.3) is 0 Å². The lowest BCUT2D eigenvalue weighted by atomic mass is 9.90. The Hall–Kier alpha value is -1.14. The minimum absolute atomic E-state index is 0.203. The minimum atomic E-state index is -0.385. The third kappa shape index (κ3) is 3.68. The molecule has 5 nitrogen and oxygen atoms in total. The van der Waals surface area contributed by atoms with Crippen LogP contribution in [0.4, 0.5) is 0 Å². The van der Waals surface area contributed by atoms with Crippen LogP contribution in [0.3, 0.4) is 0 Å². The van der Waals surface area contributed by atoms with Crippen molar-refractivity contribution in [2.75, 3.05) is 0 Å². The van der Waals surface area contributed by atoms with Gasteiger partial charge in [0.2, 0.25) is 5.91 Å². The smallest absolute Gasteiger partial charge is 0.400 e. The van der Waals surface area contributed by atoms with E-state index in [4.69, 9.17) is 9.31 Å². The van der Waals surface area contributed by atoms with Gasteiger partial charge >= 0.3 is 7.12 Å². The molecular formula is C11H19BN2O3. The lowest BCUT2D eigenvalue weighted by Gasteiger charge is -2.32. The zero-order valence-electron chi connectivity index (χ0n) is 11.0. The fraction of sp³-hybridized carbons (Fsp3) is 0.636. The Balaban J connectivity index is 2.48. The van der Waals surface area contributed by atoms with E-state index in [1.165, 1.54) is 13.1 Å². The van der Waals surface area contributed by atoms with Crippen LogP contribution in [0.2, 0.25) is 0 Å². The second-order valence-electron chi connectivity index (χ2n) is 4.96. The maximum atomic E-state index is 10.5. The zero-order chi connectivity index (χ0) is 13.1. The predicted molar refractivity (Wildman–Crippen MR) is 67.5 cm³/mol. The third-order valence-electron chi connectivity index (χ3n) is 2.92. The van der Waals surface area contributed by atoms with E-state index in [-0.39, 0.29) is 24.2 Å². The van der Waals surface area contributed by atoms with E-state index in [0.29, 0.717) is 0 Å². The van der Waals surface area contributed by atoms with Crippen LogP contribution in [0.15, 0.2) is 17.2 Å². The first kappa shape index (κ1) is 13.9. The molecular weight excluding hydrogens is 219 g/mol. The Morgan fingerprint density at radius 1 is 1.24 bits per heavy atom. The summed E-state index contributed by atoms with van der Waals surface area (Å²) in [5.41, 5.74) is 1.63. The Labute approximate surface area is 102 Å². The first-order chi connectivity index (χ1) is 7.74. The number of nitrogens with one attached hydrogen (secondary N) is 1. The molecule has 1 N–H and O–H groups in total. The Morgan fingerprint density at radius 2 is 1.76 bits per heavy atom. The number of carbonyl (C=O) groups is 1. The normalized spacial score (nSPS) is 22.5. The van der Waals surface area contributed by atoms with Gasteiger partial charge in [-0.15, -0.1) is 0 Å². The highest BCUT2D eigenvalue weighted by Crippen LogP contribution is 2.36. The minimum Gasteiger partial charge on any atom is -0.400 e. The molecule has 0 aromatic heterocycles. The van der Waals surface area contributed by atoms with Crippen molar-refractivity contribution in [2.24, 2.45) is 5.10 Å². The summed E-state index contributed by atoms with van der Waals surface area (Å²) in [7, 11) is -0.385. The first-order valence-electron chi connectivity index (χ1n) is 5.57. The molecule has 1 amide bonds. The summed E-state index contributed by atoms with van der Waals surface area (Å²) < 4.78 is 11.5. The monoisotopic (exact) mass is 238 g/mol. The molecule has 0 saturated carbocycles. The molecule has 1 heterocycles. The SMILES string of the molecule is CC(=O)N/N=C/C=C/B1OC(C)(C)C(C)(C)O1. The molecule has 0 atom stereocenters. The van der Waals surface area contributed by atoms with Crippen molar-refractivity contribution in [1.82, 2.24) is 5.43 Å². The number of allylic oxidation sites excluding steroid dienone is 1. The standard InChI is InChI=1S/C11H19BN2O3/c1-9(15)14-13-8-6-7-12-16-10(2,3)11(4,5)17-12/h6-8H,1-5H3,(H,14,15)/b7-6+,13-8+. The van der Waals surface area contributed by atoms with Gasteiger partial charge < -0.3 is 9.31 Å². The molecule has 1 fully saturated rings. The van der Waals surface area contributed by atoms with Crippen LogP contribution < -0.4 is 5.43 Å². The van der Waals surface area contributed by atoms with Gasteiger partial charge in [-0.1, -0.05) is 5.98 Å². The fourth-order valence-corrected chi connectivity index (χ4v) is 1.28. The van der Waals surface area contributed by atoms with Crippen LogP contribution in [-0.4, -0.2) is 30.4 Å². The lowest BCUT2D eigenvalue weighted by Crippen LogP contribution is -2.41. The molecule has 0 bridgehead atoms.